The van der Waals surface area contributed by atoms with Crippen LogP contribution in [0.1, 0.15) is 22.8 Å². The minimum absolute atomic E-state index is 0.0747. The molecule has 0 fully saturated rings. The molecule has 1 aromatic rings. The summed E-state index contributed by atoms with van der Waals surface area (Å²) in [4.78, 5) is 12.1. The summed E-state index contributed by atoms with van der Waals surface area (Å²) in [6, 6.07) is 5.48. The van der Waals surface area contributed by atoms with E-state index in [1.165, 1.54) is 0 Å². The zero-order valence-corrected chi connectivity index (χ0v) is 12.8. The van der Waals surface area contributed by atoms with Crippen LogP contribution in [0, 0.1) is 6.92 Å². The molecule has 0 unspecified atom stereocenters. The lowest BCUT2D eigenvalue weighted by Gasteiger charge is -2.11. The fourth-order valence-corrected chi connectivity index (χ4v) is 2.71. The number of benzene rings is 1. The van der Waals surface area contributed by atoms with E-state index in [0.717, 1.165) is 5.56 Å². The van der Waals surface area contributed by atoms with Crippen LogP contribution in [0.15, 0.2) is 18.2 Å². The number of nitrogens with one attached hydrogen (secondary N) is 3. The highest BCUT2D eigenvalue weighted by atomic mass is 32.2. The number of rotatable bonds is 7. The molecule has 0 aromatic heterocycles. The Morgan fingerprint density at radius 2 is 2.00 bits per heavy atom. The minimum Gasteiger partial charge on any atom is -0.387 e. The van der Waals surface area contributed by atoms with E-state index in [0.29, 0.717) is 17.8 Å². The second-order valence-electron chi connectivity index (χ2n) is 4.37. The number of sulfonamides is 1. The number of carbonyl (C=O) groups excluding carboxylic acids is 1. The average molecular weight is 299 g/mol. The third-order valence-corrected chi connectivity index (χ3v) is 4.18. The number of hydrogen-bond acceptors (Lipinski definition) is 4. The minimum atomic E-state index is -3.31. The topological polar surface area (TPSA) is 87.3 Å². The van der Waals surface area contributed by atoms with E-state index in [1.54, 1.807) is 20.0 Å². The van der Waals surface area contributed by atoms with Gasteiger partial charge in [0, 0.05) is 25.8 Å². The second-order valence-corrected chi connectivity index (χ2v) is 6.30. The van der Waals surface area contributed by atoms with Gasteiger partial charge in [-0.15, -0.1) is 0 Å². The predicted octanol–water partition coefficient (Wildman–Crippen LogP) is 0.706. The molecular formula is C13H21N3O3S. The Kier molecular flexibility index (Phi) is 5.97. The van der Waals surface area contributed by atoms with Crippen LogP contribution in [0.4, 0.5) is 5.69 Å². The largest absolute Gasteiger partial charge is 0.387 e. The SMILES string of the molecule is CCNS(=O)(=O)CCNC(=O)c1cc(C)ccc1NC. The van der Waals surface area contributed by atoms with E-state index in [4.69, 9.17) is 0 Å². The Morgan fingerprint density at radius 1 is 1.30 bits per heavy atom. The Labute approximate surface area is 120 Å². The van der Waals surface area contributed by atoms with Gasteiger partial charge < -0.3 is 10.6 Å². The van der Waals surface area contributed by atoms with Crippen molar-refractivity contribution in [1.29, 1.82) is 0 Å². The van der Waals surface area contributed by atoms with Gasteiger partial charge >= 0.3 is 0 Å². The zero-order chi connectivity index (χ0) is 15.2. The molecule has 1 amide bonds. The third kappa shape index (κ3) is 4.82. The first-order valence-electron chi connectivity index (χ1n) is 6.43. The second kappa shape index (κ2) is 7.25. The maximum Gasteiger partial charge on any atom is 0.253 e. The van der Waals surface area contributed by atoms with E-state index < -0.39 is 10.0 Å². The number of carbonyl (C=O) groups is 1. The van der Waals surface area contributed by atoms with E-state index in [-0.39, 0.29) is 18.2 Å². The predicted molar refractivity (Wildman–Crippen MR) is 80.5 cm³/mol. The van der Waals surface area contributed by atoms with Gasteiger partial charge in [0.15, 0.2) is 0 Å². The van der Waals surface area contributed by atoms with Crippen molar-refractivity contribution in [3.05, 3.63) is 29.3 Å². The van der Waals surface area contributed by atoms with Gasteiger partial charge in [-0.3, -0.25) is 4.79 Å². The third-order valence-electron chi connectivity index (χ3n) is 2.71. The summed E-state index contributed by atoms with van der Waals surface area (Å²) in [5, 5.41) is 5.56. The van der Waals surface area contributed by atoms with E-state index in [9.17, 15) is 13.2 Å². The highest BCUT2D eigenvalue weighted by molar-refractivity contribution is 7.89. The lowest BCUT2D eigenvalue weighted by molar-refractivity contribution is 0.0957. The lowest BCUT2D eigenvalue weighted by Crippen LogP contribution is -2.34. The molecule has 0 saturated heterocycles. The molecule has 0 saturated carbocycles. The molecule has 3 N–H and O–H groups in total. The molecule has 0 spiro atoms. The number of amides is 1. The van der Waals surface area contributed by atoms with Gasteiger partial charge in [-0.2, -0.15) is 0 Å². The summed E-state index contributed by atoms with van der Waals surface area (Å²) in [5.74, 6) is -0.419. The van der Waals surface area contributed by atoms with Crippen LogP contribution >= 0.6 is 0 Å². The molecule has 1 rings (SSSR count). The molecule has 0 radical (unpaired) electrons. The monoisotopic (exact) mass is 299 g/mol. The quantitative estimate of drug-likeness (QED) is 0.692. The number of aryl methyl sites for hydroxylation is 1. The van der Waals surface area contributed by atoms with Crippen molar-refractivity contribution in [3.63, 3.8) is 0 Å². The van der Waals surface area contributed by atoms with Crippen LogP contribution < -0.4 is 15.4 Å². The Hall–Kier alpha value is -1.60. The van der Waals surface area contributed by atoms with Crippen molar-refractivity contribution in [2.45, 2.75) is 13.8 Å². The van der Waals surface area contributed by atoms with Crippen LogP contribution in [-0.2, 0) is 10.0 Å². The first-order valence-corrected chi connectivity index (χ1v) is 8.08. The summed E-state index contributed by atoms with van der Waals surface area (Å²) in [6.45, 7) is 4.03. The van der Waals surface area contributed by atoms with Gasteiger partial charge in [-0.1, -0.05) is 18.6 Å². The molecule has 1 aromatic carbocycles. The molecule has 20 heavy (non-hydrogen) atoms. The average Bonchev–Trinajstić information content (AvgIpc) is 2.38. The lowest BCUT2D eigenvalue weighted by atomic mass is 10.1. The first-order chi connectivity index (χ1) is 9.39. The zero-order valence-electron chi connectivity index (χ0n) is 12.0. The van der Waals surface area contributed by atoms with E-state index >= 15 is 0 Å². The van der Waals surface area contributed by atoms with Gasteiger partial charge in [-0.05, 0) is 19.1 Å². The fourth-order valence-electron chi connectivity index (χ4n) is 1.75. The van der Waals surface area contributed by atoms with Crippen molar-refractivity contribution in [2.75, 3.05) is 31.2 Å². The fraction of sp³-hybridized carbons (Fsp3) is 0.462. The molecule has 112 valence electrons. The van der Waals surface area contributed by atoms with Crippen molar-refractivity contribution in [2.24, 2.45) is 0 Å². The smallest absolute Gasteiger partial charge is 0.253 e. The molecule has 0 aliphatic carbocycles. The maximum absolute atomic E-state index is 12.1. The van der Waals surface area contributed by atoms with Crippen LogP contribution in [-0.4, -0.2) is 40.2 Å². The molecule has 0 bridgehead atoms. The molecule has 0 atom stereocenters. The van der Waals surface area contributed by atoms with Gasteiger partial charge in [0.2, 0.25) is 10.0 Å². The normalized spacial score (nSPS) is 11.2. The maximum atomic E-state index is 12.1. The van der Waals surface area contributed by atoms with Crippen LogP contribution in [0.5, 0.6) is 0 Å². The van der Waals surface area contributed by atoms with Gasteiger partial charge in [0.1, 0.15) is 0 Å². The molecular weight excluding hydrogens is 278 g/mol. The summed E-state index contributed by atoms with van der Waals surface area (Å²) < 4.78 is 25.3. The van der Waals surface area contributed by atoms with Crippen LogP contribution in [0.2, 0.25) is 0 Å². The Bertz CT molecular complexity index is 570. The standard InChI is InChI=1S/C13H21N3O3S/c1-4-16-20(18,19)8-7-15-13(17)11-9-10(2)5-6-12(11)14-3/h5-6,9,14,16H,4,7-8H2,1-3H3,(H,15,17). The van der Waals surface area contributed by atoms with Gasteiger partial charge in [0.05, 0.1) is 11.3 Å². The summed E-state index contributed by atoms with van der Waals surface area (Å²) in [5.41, 5.74) is 2.19. The van der Waals surface area contributed by atoms with Crippen molar-refractivity contribution in [1.82, 2.24) is 10.0 Å². The van der Waals surface area contributed by atoms with Crippen molar-refractivity contribution < 1.29 is 13.2 Å². The highest BCUT2D eigenvalue weighted by Gasteiger charge is 2.13. The van der Waals surface area contributed by atoms with Crippen molar-refractivity contribution >= 4 is 21.6 Å². The first kappa shape index (κ1) is 16.5. The Morgan fingerprint density at radius 3 is 2.60 bits per heavy atom. The number of hydrogen-bond donors (Lipinski definition) is 3. The summed E-state index contributed by atoms with van der Waals surface area (Å²) >= 11 is 0. The highest BCUT2D eigenvalue weighted by Crippen LogP contribution is 2.16. The van der Waals surface area contributed by atoms with E-state index in [2.05, 4.69) is 15.4 Å². The molecule has 0 heterocycles. The van der Waals surface area contributed by atoms with Gasteiger partial charge in [0.25, 0.3) is 5.91 Å². The molecule has 7 heteroatoms. The Balaban J connectivity index is 2.66. The molecule has 0 aliphatic heterocycles. The van der Waals surface area contributed by atoms with Crippen molar-refractivity contribution in [3.8, 4) is 0 Å². The summed E-state index contributed by atoms with van der Waals surface area (Å²) in [7, 11) is -1.58. The summed E-state index contributed by atoms with van der Waals surface area (Å²) in [6.07, 6.45) is 0. The van der Waals surface area contributed by atoms with E-state index in [1.807, 2.05) is 19.1 Å². The number of anilines is 1. The molecule has 0 aliphatic rings. The van der Waals surface area contributed by atoms with Gasteiger partial charge in [-0.25, -0.2) is 13.1 Å². The molecule has 6 nitrogen and oxygen atoms in total. The van der Waals surface area contributed by atoms with Crippen LogP contribution in [0.3, 0.4) is 0 Å². The van der Waals surface area contributed by atoms with Crippen LogP contribution in [0.25, 0.3) is 0 Å².